The van der Waals surface area contributed by atoms with Crippen molar-refractivity contribution in [3.63, 3.8) is 0 Å². The number of halogens is 3. The summed E-state index contributed by atoms with van der Waals surface area (Å²) < 4.78 is 37.9. The fraction of sp³-hybridized carbons (Fsp3) is 0.143. The number of hydrogen-bond donors (Lipinski definition) is 0. The molecule has 2 aromatic rings. The average Bonchev–Trinajstić information content (AvgIpc) is 2.40. The van der Waals surface area contributed by atoms with Crippen molar-refractivity contribution in [2.24, 2.45) is 0 Å². The van der Waals surface area contributed by atoms with Gasteiger partial charge in [-0.05, 0) is 31.2 Å². The van der Waals surface area contributed by atoms with Gasteiger partial charge < -0.3 is 0 Å². The second-order valence-electron chi connectivity index (χ2n) is 4.07. The molecule has 0 radical (unpaired) electrons. The standard InChI is InChI=1S/C14H9F3N2S/c1-9-2-5-11(6-3-9)20-13-10(8-18)4-7-12(19-13)14(15,16)17/h2-7H,1H3. The van der Waals surface area contributed by atoms with Crippen LogP contribution in [0.15, 0.2) is 46.3 Å². The van der Waals surface area contributed by atoms with Gasteiger partial charge in [0.1, 0.15) is 16.8 Å². The van der Waals surface area contributed by atoms with Gasteiger partial charge in [-0.1, -0.05) is 29.5 Å². The summed E-state index contributed by atoms with van der Waals surface area (Å²) in [4.78, 5) is 4.28. The topological polar surface area (TPSA) is 36.7 Å². The lowest BCUT2D eigenvalue weighted by Crippen LogP contribution is -2.08. The van der Waals surface area contributed by atoms with E-state index < -0.39 is 11.9 Å². The average molecular weight is 294 g/mol. The Kier molecular flexibility index (Phi) is 4.00. The van der Waals surface area contributed by atoms with Gasteiger partial charge in [0, 0.05) is 4.90 Å². The highest BCUT2D eigenvalue weighted by Crippen LogP contribution is 2.33. The second-order valence-corrected chi connectivity index (χ2v) is 5.14. The van der Waals surface area contributed by atoms with Gasteiger partial charge in [0.25, 0.3) is 0 Å². The molecule has 1 aromatic carbocycles. The van der Waals surface area contributed by atoms with Crippen LogP contribution in [0.4, 0.5) is 13.2 Å². The highest BCUT2D eigenvalue weighted by atomic mass is 32.2. The van der Waals surface area contributed by atoms with Crippen molar-refractivity contribution < 1.29 is 13.2 Å². The van der Waals surface area contributed by atoms with Crippen LogP contribution in [-0.4, -0.2) is 4.98 Å². The SMILES string of the molecule is Cc1ccc(Sc2nc(C(F)(F)F)ccc2C#N)cc1. The molecule has 2 rings (SSSR count). The summed E-state index contributed by atoms with van der Waals surface area (Å²) in [5.74, 6) is 0. The fourth-order valence-electron chi connectivity index (χ4n) is 1.48. The van der Waals surface area contributed by atoms with Gasteiger partial charge in [-0.2, -0.15) is 18.4 Å². The largest absolute Gasteiger partial charge is 0.433 e. The molecule has 0 aliphatic rings. The molecule has 2 nitrogen and oxygen atoms in total. The second kappa shape index (κ2) is 5.55. The van der Waals surface area contributed by atoms with E-state index in [0.717, 1.165) is 34.4 Å². The van der Waals surface area contributed by atoms with E-state index in [0.29, 0.717) is 0 Å². The molecule has 0 fully saturated rings. The molecular formula is C14H9F3N2S. The molecule has 1 aromatic heterocycles. The number of nitriles is 1. The zero-order valence-electron chi connectivity index (χ0n) is 10.4. The number of aryl methyl sites for hydroxylation is 1. The smallest absolute Gasteiger partial charge is 0.235 e. The number of hydrogen-bond acceptors (Lipinski definition) is 3. The van der Waals surface area contributed by atoms with Crippen LogP contribution in [-0.2, 0) is 6.18 Å². The lowest BCUT2D eigenvalue weighted by molar-refractivity contribution is -0.141. The predicted octanol–water partition coefficient (Wildman–Crippen LogP) is 4.43. The van der Waals surface area contributed by atoms with E-state index in [-0.39, 0.29) is 10.6 Å². The van der Waals surface area contributed by atoms with Gasteiger partial charge in [-0.3, -0.25) is 0 Å². The van der Waals surface area contributed by atoms with Gasteiger partial charge >= 0.3 is 6.18 Å². The summed E-state index contributed by atoms with van der Waals surface area (Å²) in [6.07, 6.45) is -4.52. The maximum Gasteiger partial charge on any atom is 0.433 e. The third kappa shape index (κ3) is 3.31. The van der Waals surface area contributed by atoms with Crippen molar-refractivity contribution in [3.05, 3.63) is 53.2 Å². The molecule has 0 aliphatic heterocycles. The summed E-state index contributed by atoms with van der Waals surface area (Å²) >= 11 is 1.04. The third-order valence-corrected chi connectivity index (χ3v) is 3.52. The van der Waals surface area contributed by atoms with E-state index in [1.165, 1.54) is 0 Å². The zero-order chi connectivity index (χ0) is 14.8. The molecule has 0 amide bonds. The van der Waals surface area contributed by atoms with E-state index in [4.69, 9.17) is 5.26 Å². The molecule has 1 heterocycles. The Morgan fingerprint density at radius 2 is 1.75 bits per heavy atom. The summed E-state index contributed by atoms with van der Waals surface area (Å²) in [5.41, 5.74) is 0.182. The van der Waals surface area contributed by atoms with Crippen molar-refractivity contribution >= 4 is 11.8 Å². The fourth-order valence-corrected chi connectivity index (χ4v) is 2.34. The maximum atomic E-state index is 12.6. The van der Waals surface area contributed by atoms with E-state index in [2.05, 4.69) is 4.98 Å². The number of alkyl halides is 3. The van der Waals surface area contributed by atoms with Crippen molar-refractivity contribution in [2.75, 3.05) is 0 Å². The first-order valence-electron chi connectivity index (χ1n) is 5.63. The minimum Gasteiger partial charge on any atom is -0.235 e. The Bertz CT molecular complexity index is 658. The summed E-state index contributed by atoms with van der Waals surface area (Å²) in [6.45, 7) is 1.91. The monoisotopic (exact) mass is 294 g/mol. The molecule has 0 saturated carbocycles. The lowest BCUT2D eigenvalue weighted by atomic mass is 10.2. The van der Waals surface area contributed by atoms with Gasteiger partial charge in [-0.25, -0.2) is 4.98 Å². The summed E-state index contributed by atoms with van der Waals surface area (Å²) in [7, 11) is 0. The molecule has 6 heteroatoms. The van der Waals surface area contributed by atoms with Gasteiger partial charge in [-0.15, -0.1) is 0 Å². The van der Waals surface area contributed by atoms with Crippen molar-refractivity contribution in [2.45, 2.75) is 23.0 Å². The van der Waals surface area contributed by atoms with Gasteiger partial charge in [0.05, 0.1) is 5.56 Å². The molecule has 0 atom stereocenters. The minimum atomic E-state index is -4.52. The van der Waals surface area contributed by atoms with Crippen molar-refractivity contribution in [3.8, 4) is 6.07 Å². The lowest BCUT2D eigenvalue weighted by Gasteiger charge is -2.09. The number of aromatic nitrogens is 1. The van der Waals surface area contributed by atoms with E-state index in [1.807, 2.05) is 25.1 Å². The molecular weight excluding hydrogens is 285 g/mol. The highest BCUT2D eigenvalue weighted by Gasteiger charge is 2.33. The Balaban J connectivity index is 2.39. The summed E-state index contributed by atoms with van der Waals surface area (Å²) in [6, 6.07) is 11.1. The molecule has 0 spiro atoms. The van der Waals surface area contributed by atoms with Crippen LogP contribution in [0, 0.1) is 18.3 Å². The normalized spacial score (nSPS) is 11.2. The van der Waals surface area contributed by atoms with Crippen LogP contribution >= 0.6 is 11.8 Å². The molecule has 0 saturated heterocycles. The van der Waals surface area contributed by atoms with Gasteiger partial charge in [0.15, 0.2) is 0 Å². The number of pyridine rings is 1. The van der Waals surface area contributed by atoms with Crippen LogP contribution in [0.25, 0.3) is 0 Å². The predicted molar refractivity (Wildman–Crippen MR) is 69.3 cm³/mol. The molecule has 102 valence electrons. The number of rotatable bonds is 2. The minimum absolute atomic E-state index is 0.0613. The molecule has 0 bridgehead atoms. The van der Waals surface area contributed by atoms with Crippen LogP contribution in [0.1, 0.15) is 16.8 Å². The Labute approximate surface area is 118 Å². The Morgan fingerprint density at radius 1 is 1.10 bits per heavy atom. The first-order chi connectivity index (χ1) is 9.40. The van der Waals surface area contributed by atoms with Gasteiger partial charge in [0.2, 0.25) is 0 Å². The van der Waals surface area contributed by atoms with E-state index in [1.54, 1.807) is 12.1 Å². The van der Waals surface area contributed by atoms with Crippen molar-refractivity contribution in [1.82, 2.24) is 4.98 Å². The molecule has 0 unspecified atom stereocenters. The third-order valence-electron chi connectivity index (χ3n) is 2.51. The van der Waals surface area contributed by atoms with Crippen molar-refractivity contribution in [1.29, 1.82) is 5.26 Å². The number of nitrogens with zero attached hydrogens (tertiary/aromatic N) is 2. The highest BCUT2D eigenvalue weighted by molar-refractivity contribution is 7.99. The molecule has 20 heavy (non-hydrogen) atoms. The maximum absolute atomic E-state index is 12.6. The Morgan fingerprint density at radius 3 is 2.30 bits per heavy atom. The Hall–Kier alpha value is -2.00. The van der Waals surface area contributed by atoms with Crippen LogP contribution < -0.4 is 0 Å². The van der Waals surface area contributed by atoms with Crippen LogP contribution in [0.5, 0.6) is 0 Å². The summed E-state index contributed by atoms with van der Waals surface area (Å²) in [5, 5.41) is 9.01. The van der Waals surface area contributed by atoms with E-state index >= 15 is 0 Å². The van der Waals surface area contributed by atoms with E-state index in [9.17, 15) is 13.2 Å². The molecule has 0 N–H and O–H groups in total. The first kappa shape index (κ1) is 14.4. The molecule has 0 aliphatic carbocycles. The zero-order valence-corrected chi connectivity index (χ0v) is 11.2. The quantitative estimate of drug-likeness (QED) is 0.822. The van der Waals surface area contributed by atoms with Crippen LogP contribution in [0.2, 0.25) is 0 Å². The van der Waals surface area contributed by atoms with Crippen LogP contribution in [0.3, 0.4) is 0 Å². The first-order valence-corrected chi connectivity index (χ1v) is 6.44. The number of benzene rings is 1.